The standard InChI is InChI=1S/C16H18ClFN6O/c1-9(2)10-5-23(16-21-8-25-22-16)4-3-12(10)24-6-11(18)13-14(17)19-7-20-15(13)24/h6-10,12H,3-5H2,1-2H3. The first-order valence-electron chi connectivity index (χ1n) is 8.24. The molecule has 9 heteroatoms. The topological polar surface area (TPSA) is 72.9 Å². The zero-order valence-corrected chi connectivity index (χ0v) is 14.7. The summed E-state index contributed by atoms with van der Waals surface area (Å²) in [6.45, 7) is 5.86. The molecule has 3 aromatic rings. The largest absolute Gasteiger partial charge is 0.341 e. The molecule has 2 atom stereocenters. The van der Waals surface area contributed by atoms with Gasteiger partial charge in [-0.25, -0.2) is 14.4 Å². The lowest BCUT2D eigenvalue weighted by Gasteiger charge is -2.40. The van der Waals surface area contributed by atoms with E-state index in [1.165, 1.54) is 18.9 Å². The van der Waals surface area contributed by atoms with Crippen LogP contribution in [0.25, 0.3) is 11.0 Å². The van der Waals surface area contributed by atoms with Crippen LogP contribution in [-0.2, 0) is 0 Å². The molecule has 0 saturated carbocycles. The van der Waals surface area contributed by atoms with E-state index >= 15 is 0 Å². The monoisotopic (exact) mass is 364 g/mol. The summed E-state index contributed by atoms with van der Waals surface area (Å²) < 4.78 is 21.2. The van der Waals surface area contributed by atoms with Gasteiger partial charge in [-0.15, -0.1) is 0 Å². The van der Waals surface area contributed by atoms with Crippen molar-refractivity contribution < 1.29 is 8.91 Å². The Morgan fingerprint density at radius 3 is 2.88 bits per heavy atom. The fourth-order valence-corrected chi connectivity index (χ4v) is 3.93. The normalized spacial score (nSPS) is 21.4. The van der Waals surface area contributed by atoms with Crippen LogP contribution < -0.4 is 4.90 Å². The molecule has 4 heterocycles. The highest BCUT2D eigenvalue weighted by Gasteiger charge is 2.35. The number of piperidine rings is 1. The molecule has 0 radical (unpaired) electrons. The van der Waals surface area contributed by atoms with Gasteiger partial charge < -0.3 is 14.0 Å². The van der Waals surface area contributed by atoms with Gasteiger partial charge >= 0.3 is 0 Å². The molecular formula is C16H18ClFN6O. The van der Waals surface area contributed by atoms with Gasteiger partial charge in [0.1, 0.15) is 17.1 Å². The van der Waals surface area contributed by atoms with Gasteiger partial charge in [0.15, 0.2) is 5.82 Å². The second kappa shape index (κ2) is 6.25. The van der Waals surface area contributed by atoms with Crippen molar-refractivity contribution in [2.75, 3.05) is 18.0 Å². The summed E-state index contributed by atoms with van der Waals surface area (Å²) in [5.74, 6) is 0.871. The lowest BCUT2D eigenvalue weighted by Crippen LogP contribution is -2.43. The van der Waals surface area contributed by atoms with Gasteiger partial charge in [0.2, 0.25) is 6.39 Å². The summed E-state index contributed by atoms with van der Waals surface area (Å²) in [5.41, 5.74) is 0.543. The maximum atomic E-state index is 14.4. The molecule has 132 valence electrons. The van der Waals surface area contributed by atoms with Crippen molar-refractivity contribution in [3.8, 4) is 0 Å². The van der Waals surface area contributed by atoms with E-state index in [0.717, 1.165) is 19.5 Å². The maximum absolute atomic E-state index is 14.4. The van der Waals surface area contributed by atoms with Crippen molar-refractivity contribution in [1.29, 1.82) is 0 Å². The summed E-state index contributed by atoms with van der Waals surface area (Å²) in [6.07, 6.45) is 5.02. The molecule has 4 rings (SSSR count). The third kappa shape index (κ3) is 2.74. The third-order valence-corrected chi connectivity index (χ3v) is 5.27. The van der Waals surface area contributed by atoms with Crippen LogP contribution in [0.5, 0.6) is 0 Å². The molecule has 0 amide bonds. The van der Waals surface area contributed by atoms with E-state index in [2.05, 4.69) is 38.9 Å². The predicted octanol–water partition coefficient (Wildman–Crippen LogP) is 3.33. The number of halogens is 2. The number of anilines is 1. The zero-order valence-electron chi connectivity index (χ0n) is 13.9. The predicted molar refractivity (Wildman–Crippen MR) is 91.0 cm³/mol. The lowest BCUT2D eigenvalue weighted by atomic mass is 9.83. The Bertz CT molecular complexity index is 880. The Balaban J connectivity index is 1.72. The Labute approximate surface area is 148 Å². The molecule has 1 saturated heterocycles. The average Bonchev–Trinajstić information content (AvgIpc) is 3.23. The summed E-state index contributed by atoms with van der Waals surface area (Å²) in [7, 11) is 0. The van der Waals surface area contributed by atoms with Crippen LogP contribution in [0.3, 0.4) is 0 Å². The number of aromatic nitrogens is 5. The van der Waals surface area contributed by atoms with E-state index in [4.69, 9.17) is 16.1 Å². The quantitative estimate of drug-likeness (QED) is 0.664. The molecule has 0 bridgehead atoms. The second-order valence-electron chi connectivity index (χ2n) is 6.69. The molecule has 0 spiro atoms. The summed E-state index contributed by atoms with van der Waals surface area (Å²) in [4.78, 5) is 14.4. The SMILES string of the molecule is CC(C)C1CN(c2ncon2)CCC1n1cc(F)c2c(Cl)ncnc21. The van der Waals surface area contributed by atoms with Gasteiger partial charge in [-0.05, 0) is 23.4 Å². The van der Waals surface area contributed by atoms with Crippen molar-refractivity contribution in [1.82, 2.24) is 24.7 Å². The first kappa shape index (κ1) is 16.3. The third-order valence-electron chi connectivity index (χ3n) is 4.98. The van der Waals surface area contributed by atoms with Crippen molar-refractivity contribution in [2.24, 2.45) is 11.8 Å². The summed E-state index contributed by atoms with van der Waals surface area (Å²) >= 11 is 6.06. The molecule has 1 aliphatic rings. The molecule has 0 N–H and O–H groups in total. The van der Waals surface area contributed by atoms with Crippen LogP contribution in [0.4, 0.5) is 10.3 Å². The van der Waals surface area contributed by atoms with Gasteiger partial charge in [-0.1, -0.05) is 25.4 Å². The second-order valence-corrected chi connectivity index (χ2v) is 7.05. The molecule has 1 fully saturated rings. The lowest BCUT2D eigenvalue weighted by molar-refractivity contribution is 0.219. The van der Waals surface area contributed by atoms with Crippen LogP contribution in [0.2, 0.25) is 5.15 Å². The number of rotatable bonds is 3. The minimum Gasteiger partial charge on any atom is -0.341 e. The highest BCUT2D eigenvalue weighted by molar-refractivity contribution is 6.34. The van der Waals surface area contributed by atoms with Crippen LogP contribution in [-0.4, -0.2) is 37.8 Å². The molecular weight excluding hydrogens is 347 g/mol. The first-order chi connectivity index (χ1) is 12.1. The smallest absolute Gasteiger partial charge is 0.265 e. The van der Waals surface area contributed by atoms with Crippen molar-refractivity contribution in [3.05, 3.63) is 29.9 Å². The van der Waals surface area contributed by atoms with Gasteiger partial charge in [0, 0.05) is 25.3 Å². The number of fused-ring (bicyclic) bond motifs is 1. The zero-order chi connectivity index (χ0) is 17.6. The molecule has 25 heavy (non-hydrogen) atoms. The number of hydrogen-bond acceptors (Lipinski definition) is 6. The van der Waals surface area contributed by atoms with E-state index in [1.54, 1.807) is 0 Å². The highest BCUT2D eigenvalue weighted by Crippen LogP contribution is 2.37. The first-order valence-corrected chi connectivity index (χ1v) is 8.62. The van der Waals surface area contributed by atoms with Crippen molar-refractivity contribution in [3.63, 3.8) is 0 Å². The van der Waals surface area contributed by atoms with Crippen LogP contribution in [0, 0.1) is 17.7 Å². The number of nitrogens with zero attached hydrogens (tertiary/aromatic N) is 6. The molecule has 1 aliphatic heterocycles. The van der Waals surface area contributed by atoms with Crippen LogP contribution in [0.1, 0.15) is 26.3 Å². The molecule has 3 aromatic heterocycles. The Hall–Kier alpha value is -2.22. The molecule has 2 unspecified atom stereocenters. The molecule has 0 aliphatic carbocycles. The highest BCUT2D eigenvalue weighted by atomic mass is 35.5. The maximum Gasteiger partial charge on any atom is 0.265 e. The van der Waals surface area contributed by atoms with E-state index in [0.29, 0.717) is 17.5 Å². The van der Waals surface area contributed by atoms with Crippen molar-refractivity contribution >= 4 is 28.6 Å². The summed E-state index contributed by atoms with van der Waals surface area (Å²) in [5, 5.41) is 4.36. The van der Waals surface area contributed by atoms with Gasteiger partial charge in [-0.3, -0.25) is 0 Å². The Morgan fingerprint density at radius 2 is 2.16 bits per heavy atom. The Morgan fingerprint density at radius 1 is 1.32 bits per heavy atom. The van der Waals surface area contributed by atoms with Crippen molar-refractivity contribution in [2.45, 2.75) is 26.3 Å². The van der Waals surface area contributed by atoms with Crippen LogP contribution in [0.15, 0.2) is 23.4 Å². The minimum absolute atomic E-state index is 0.112. The van der Waals surface area contributed by atoms with Gasteiger partial charge in [-0.2, -0.15) is 4.98 Å². The average molecular weight is 365 g/mol. The van der Waals surface area contributed by atoms with E-state index in [9.17, 15) is 4.39 Å². The van der Waals surface area contributed by atoms with E-state index < -0.39 is 0 Å². The molecule has 7 nitrogen and oxygen atoms in total. The minimum atomic E-state index is -0.385. The van der Waals surface area contributed by atoms with E-state index in [-0.39, 0.29) is 28.3 Å². The molecule has 0 aromatic carbocycles. The number of hydrogen-bond donors (Lipinski definition) is 0. The van der Waals surface area contributed by atoms with Crippen LogP contribution >= 0.6 is 11.6 Å². The fraction of sp³-hybridized carbons (Fsp3) is 0.500. The van der Waals surface area contributed by atoms with Gasteiger partial charge in [0.05, 0.1) is 5.39 Å². The van der Waals surface area contributed by atoms with E-state index in [1.807, 2.05) is 4.57 Å². The van der Waals surface area contributed by atoms with Gasteiger partial charge in [0.25, 0.3) is 5.95 Å². The Kier molecular flexibility index (Phi) is 4.07. The summed E-state index contributed by atoms with van der Waals surface area (Å²) in [6, 6.07) is 0.112. The fourth-order valence-electron chi connectivity index (χ4n) is 3.71.